The van der Waals surface area contributed by atoms with Crippen LogP contribution in [0.2, 0.25) is 0 Å². The Bertz CT molecular complexity index is 1060. The van der Waals surface area contributed by atoms with E-state index in [4.69, 9.17) is 4.74 Å². The van der Waals surface area contributed by atoms with E-state index in [1.54, 1.807) is 12.1 Å². The van der Waals surface area contributed by atoms with E-state index in [-0.39, 0.29) is 18.2 Å². The standard InChI is InChI=1S/C22H22F2N4O5/c23-14-4-1-5-15(24)18(14)26-20(29)16-11-13-3-2-8-25-19(13)28(16)21(30)17(27-22(31)32)12-6-9-33-10-7-12/h1-5,8,12,16-17,27H,6-7,9-11H2,(H,26,29)(H,31,32)/t16?,17-/m1/s1. The summed E-state index contributed by atoms with van der Waals surface area (Å²) in [6.07, 6.45) is 1.04. The van der Waals surface area contributed by atoms with Crippen molar-refractivity contribution in [2.75, 3.05) is 23.4 Å². The maximum Gasteiger partial charge on any atom is 0.405 e. The molecular formula is C22H22F2N4O5. The fourth-order valence-corrected chi connectivity index (χ4v) is 4.26. The highest BCUT2D eigenvalue weighted by Gasteiger charge is 2.44. The Labute approximate surface area is 187 Å². The first-order valence-electron chi connectivity index (χ1n) is 10.5. The number of hydrogen-bond acceptors (Lipinski definition) is 5. The highest BCUT2D eigenvalue weighted by molar-refractivity contribution is 6.08. The van der Waals surface area contributed by atoms with Gasteiger partial charge in [0.15, 0.2) is 0 Å². The zero-order chi connectivity index (χ0) is 23.5. The lowest BCUT2D eigenvalue weighted by Gasteiger charge is -2.33. The van der Waals surface area contributed by atoms with Crippen LogP contribution in [0.15, 0.2) is 36.5 Å². The van der Waals surface area contributed by atoms with Gasteiger partial charge >= 0.3 is 6.09 Å². The number of carboxylic acid groups (broad SMARTS) is 1. The summed E-state index contributed by atoms with van der Waals surface area (Å²) < 4.78 is 33.5. The number of fused-ring (bicyclic) bond motifs is 1. The number of pyridine rings is 1. The molecule has 3 heterocycles. The Hall–Kier alpha value is -3.60. The van der Waals surface area contributed by atoms with Gasteiger partial charge in [-0.05, 0) is 42.5 Å². The number of ether oxygens (including phenoxy) is 1. The zero-order valence-corrected chi connectivity index (χ0v) is 17.5. The van der Waals surface area contributed by atoms with Crippen molar-refractivity contribution in [2.24, 2.45) is 5.92 Å². The second kappa shape index (κ2) is 9.49. The molecule has 1 aromatic carbocycles. The summed E-state index contributed by atoms with van der Waals surface area (Å²) in [5.41, 5.74) is -0.0375. The maximum atomic E-state index is 14.1. The molecule has 1 aromatic heterocycles. The van der Waals surface area contributed by atoms with Gasteiger partial charge in [0.1, 0.15) is 35.2 Å². The zero-order valence-electron chi connectivity index (χ0n) is 17.5. The molecule has 33 heavy (non-hydrogen) atoms. The molecule has 174 valence electrons. The van der Waals surface area contributed by atoms with Crippen LogP contribution in [0, 0.1) is 17.6 Å². The van der Waals surface area contributed by atoms with E-state index in [1.807, 2.05) is 0 Å². The Balaban J connectivity index is 1.66. The van der Waals surface area contributed by atoms with Gasteiger partial charge in [-0.2, -0.15) is 0 Å². The van der Waals surface area contributed by atoms with Gasteiger partial charge in [-0.3, -0.25) is 14.5 Å². The van der Waals surface area contributed by atoms with Crippen molar-refractivity contribution in [2.45, 2.75) is 31.3 Å². The van der Waals surface area contributed by atoms with Crippen LogP contribution in [-0.2, 0) is 20.7 Å². The second-order valence-electron chi connectivity index (χ2n) is 7.88. The average molecular weight is 460 g/mol. The molecule has 3 N–H and O–H groups in total. The first-order chi connectivity index (χ1) is 15.9. The van der Waals surface area contributed by atoms with Gasteiger partial charge in [0.25, 0.3) is 5.91 Å². The van der Waals surface area contributed by atoms with Crippen LogP contribution in [0.1, 0.15) is 18.4 Å². The minimum absolute atomic E-state index is 0.0599. The molecule has 2 aliphatic heterocycles. The van der Waals surface area contributed by atoms with Crippen molar-refractivity contribution in [3.63, 3.8) is 0 Å². The van der Waals surface area contributed by atoms with Crippen LogP contribution in [-0.4, -0.2) is 53.3 Å². The summed E-state index contributed by atoms with van der Waals surface area (Å²) in [6.45, 7) is 0.752. The topological polar surface area (TPSA) is 121 Å². The lowest BCUT2D eigenvalue weighted by Crippen LogP contribution is -2.57. The number of nitrogens with one attached hydrogen (secondary N) is 2. The highest BCUT2D eigenvalue weighted by Crippen LogP contribution is 2.33. The molecule has 11 heteroatoms. The van der Waals surface area contributed by atoms with E-state index in [1.165, 1.54) is 12.3 Å². The molecule has 9 nitrogen and oxygen atoms in total. The molecule has 4 rings (SSSR count). The van der Waals surface area contributed by atoms with Crippen LogP contribution in [0.5, 0.6) is 0 Å². The molecule has 0 saturated carbocycles. The van der Waals surface area contributed by atoms with Gasteiger partial charge in [0.2, 0.25) is 5.91 Å². The predicted molar refractivity (Wildman–Crippen MR) is 113 cm³/mol. The number of nitrogens with zero attached hydrogens (tertiary/aromatic N) is 2. The Kier molecular flexibility index (Phi) is 6.50. The van der Waals surface area contributed by atoms with E-state index < -0.39 is 47.3 Å². The van der Waals surface area contributed by atoms with Gasteiger partial charge in [0, 0.05) is 25.8 Å². The summed E-state index contributed by atoms with van der Waals surface area (Å²) in [4.78, 5) is 43.5. The summed E-state index contributed by atoms with van der Waals surface area (Å²) in [7, 11) is 0. The molecule has 2 aliphatic rings. The monoisotopic (exact) mass is 460 g/mol. The molecular weight excluding hydrogens is 438 g/mol. The number of aromatic nitrogens is 1. The number of para-hydroxylation sites is 1. The van der Waals surface area contributed by atoms with Crippen LogP contribution in [0.25, 0.3) is 0 Å². The summed E-state index contributed by atoms with van der Waals surface area (Å²) in [5.74, 6) is -3.52. The van der Waals surface area contributed by atoms with E-state index in [0.29, 0.717) is 31.6 Å². The number of halogens is 2. The molecule has 3 amide bonds. The predicted octanol–water partition coefficient (Wildman–Crippen LogP) is 2.32. The molecule has 1 fully saturated rings. The van der Waals surface area contributed by atoms with Gasteiger partial charge in [-0.1, -0.05) is 12.1 Å². The van der Waals surface area contributed by atoms with Crippen LogP contribution in [0.4, 0.5) is 25.1 Å². The molecule has 0 spiro atoms. The second-order valence-corrected chi connectivity index (χ2v) is 7.88. The SMILES string of the molecule is O=C(O)N[C@@H](C(=O)N1c2ncccc2CC1C(=O)Nc1c(F)cccc1F)C1CCOCC1. The Morgan fingerprint density at radius 1 is 1.12 bits per heavy atom. The smallest absolute Gasteiger partial charge is 0.405 e. The molecule has 1 saturated heterocycles. The fraction of sp³-hybridized carbons (Fsp3) is 0.364. The summed E-state index contributed by atoms with van der Waals surface area (Å²) in [6, 6.07) is 4.20. The van der Waals surface area contributed by atoms with Crippen molar-refractivity contribution >= 4 is 29.4 Å². The van der Waals surface area contributed by atoms with Crippen molar-refractivity contribution in [1.29, 1.82) is 0 Å². The summed E-state index contributed by atoms with van der Waals surface area (Å²) >= 11 is 0. The number of amides is 3. The molecule has 2 atom stereocenters. The van der Waals surface area contributed by atoms with Crippen molar-refractivity contribution < 1.29 is 33.0 Å². The third-order valence-corrected chi connectivity index (χ3v) is 5.85. The van der Waals surface area contributed by atoms with Crippen LogP contribution < -0.4 is 15.5 Å². The molecule has 0 bridgehead atoms. The quantitative estimate of drug-likeness (QED) is 0.630. The third-order valence-electron chi connectivity index (χ3n) is 5.85. The highest BCUT2D eigenvalue weighted by atomic mass is 19.1. The Morgan fingerprint density at radius 3 is 2.48 bits per heavy atom. The minimum Gasteiger partial charge on any atom is -0.465 e. The third kappa shape index (κ3) is 4.63. The molecule has 0 aliphatic carbocycles. The van der Waals surface area contributed by atoms with Crippen LogP contribution in [0.3, 0.4) is 0 Å². The molecule has 0 radical (unpaired) electrons. The van der Waals surface area contributed by atoms with Crippen molar-refractivity contribution in [3.05, 3.63) is 53.7 Å². The van der Waals surface area contributed by atoms with Gasteiger partial charge < -0.3 is 20.5 Å². The summed E-state index contributed by atoms with van der Waals surface area (Å²) in [5, 5.41) is 13.8. The minimum atomic E-state index is -1.38. The number of rotatable bonds is 5. The lowest BCUT2D eigenvalue weighted by molar-refractivity contribution is -0.126. The molecule has 2 aromatic rings. The number of anilines is 2. The number of carbonyl (C=O) groups excluding carboxylic acids is 2. The lowest BCUT2D eigenvalue weighted by atomic mass is 9.90. The van der Waals surface area contributed by atoms with Gasteiger partial charge in [-0.25, -0.2) is 18.6 Å². The van der Waals surface area contributed by atoms with Crippen LogP contribution >= 0.6 is 0 Å². The van der Waals surface area contributed by atoms with E-state index >= 15 is 0 Å². The normalized spacial score (nSPS) is 19.0. The fourth-order valence-electron chi connectivity index (χ4n) is 4.26. The number of hydrogen-bond donors (Lipinski definition) is 3. The van der Waals surface area contributed by atoms with E-state index in [9.17, 15) is 28.3 Å². The number of benzene rings is 1. The van der Waals surface area contributed by atoms with Crippen molar-refractivity contribution in [1.82, 2.24) is 10.3 Å². The van der Waals surface area contributed by atoms with E-state index in [0.717, 1.165) is 17.0 Å². The van der Waals surface area contributed by atoms with Gasteiger partial charge in [-0.15, -0.1) is 0 Å². The number of carbonyl (C=O) groups is 3. The maximum absolute atomic E-state index is 14.1. The van der Waals surface area contributed by atoms with Gasteiger partial charge in [0.05, 0.1) is 0 Å². The largest absolute Gasteiger partial charge is 0.465 e. The molecule has 1 unspecified atom stereocenters. The van der Waals surface area contributed by atoms with E-state index in [2.05, 4.69) is 15.6 Å². The Morgan fingerprint density at radius 2 is 1.82 bits per heavy atom. The first kappa shape index (κ1) is 22.6. The average Bonchev–Trinajstić information content (AvgIpc) is 3.20. The first-order valence-corrected chi connectivity index (χ1v) is 10.5. The van der Waals surface area contributed by atoms with Crippen molar-refractivity contribution in [3.8, 4) is 0 Å².